The number of hydrogen-bond acceptors (Lipinski definition) is 3. The molecule has 0 heterocycles. The Labute approximate surface area is 88.5 Å². The van der Waals surface area contributed by atoms with Crippen LogP contribution >= 0.6 is 0 Å². The Morgan fingerprint density at radius 2 is 2.13 bits per heavy atom. The first kappa shape index (κ1) is 11.4. The van der Waals surface area contributed by atoms with Crippen LogP contribution in [-0.2, 0) is 11.2 Å². The second-order valence-corrected chi connectivity index (χ2v) is 3.14. The van der Waals surface area contributed by atoms with Gasteiger partial charge in [0.1, 0.15) is 0 Å². The van der Waals surface area contributed by atoms with Crippen LogP contribution in [0.5, 0.6) is 0 Å². The van der Waals surface area contributed by atoms with Crippen LogP contribution in [0.4, 0.5) is 0 Å². The smallest absolute Gasteiger partial charge is 0.257 e. The number of nitrogens with two attached hydrogens (primary N) is 1. The third-order valence-electron chi connectivity index (χ3n) is 2.10. The normalized spacial score (nSPS) is 9.67. The first-order valence-corrected chi connectivity index (χ1v) is 4.82. The van der Waals surface area contributed by atoms with Gasteiger partial charge in [0.05, 0.1) is 0 Å². The summed E-state index contributed by atoms with van der Waals surface area (Å²) < 4.78 is 0. The van der Waals surface area contributed by atoms with Crippen molar-refractivity contribution in [1.82, 2.24) is 5.32 Å². The Hall–Kier alpha value is -1.68. The summed E-state index contributed by atoms with van der Waals surface area (Å²) in [7, 11) is 0. The van der Waals surface area contributed by atoms with E-state index in [4.69, 9.17) is 5.73 Å². The van der Waals surface area contributed by atoms with E-state index in [1.165, 1.54) is 0 Å². The van der Waals surface area contributed by atoms with Gasteiger partial charge in [0.15, 0.2) is 0 Å². The molecule has 15 heavy (non-hydrogen) atoms. The fourth-order valence-electron chi connectivity index (χ4n) is 1.38. The number of benzene rings is 1. The van der Waals surface area contributed by atoms with Crippen molar-refractivity contribution in [2.45, 2.75) is 12.8 Å². The summed E-state index contributed by atoms with van der Waals surface area (Å²) >= 11 is 0. The monoisotopic (exact) mass is 206 g/mol. The molecule has 0 atom stereocenters. The number of aryl methyl sites for hydroxylation is 1. The molecule has 1 aromatic carbocycles. The Kier molecular flexibility index (Phi) is 4.50. The van der Waals surface area contributed by atoms with Gasteiger partial charge in [-0.3, -0.25) is 14.9 Å². The standard InChI is InChI=1S/C11H14N2O2/c12-7-3-5-9-4-1-2-6-10(9)11(15)13-8-14/h1-2,4,6,8H,3,5,7,12H2,(H,13,14,15). The van der Waals surface area contributed by atoms with E-state index in [2.05, 4.69) is 5.32 Å². The first-order valence-electron chi connectivity index (χ1n) is 4.82. The minimum absolute atomic E-state index is 0.363. The van der Waals surface area contributed by atoms with Gasteiger partial charge in [-0.15, -0.1) is 0 Å². The molecule has 4 nitrogen and oxygen atoms in total. The van der Waals surface area contributed by atoms with E-state index >= 15 is 0 Å². The van der Waals surface area contributed by atoms with Gasteiger partial charge < -0.3 is 5.73 Å². The Bertz CT molecular complexity index is 350. The highest BCUT2D eigenvalue weighted by Crippen LogP contribution is 2.10. The van der Waals surface area contributed by atoms with Crippen LogP contribution in [0, 0.1) is 0 Å². The van der Waals surface area contributed by atoms with Crippen molar-refractivity contribution in [2.75, 3.05) is 6.54 Å². The van der Waals surface area contributed by atoms with E-state index in [1.807, 2.05) is 12.1 Å². The fraction of sp³-hybridized carbons (Fsp3) is 0.273. The maximum Gasteiger partial charge on any atom is 0.257 e. The second kappa shape index (κ2) is 5.93. The lowest BCUT2D eigenvalue weighted by Crippen LogP contribution is -2.22. The molecule has 0 bridgehead atoms. The number of rotatable bonds is 5. The molecular weight excluding hydrogens is 192 g/mol. The number of carbonyl (C=O) groups is 2. The average Bonchev–Trinajstić information content (AvgIpc) is 2.27. The van der Waals surface area contributed by atoms with E-state index < -0.39 is 0 Å². The Morgan fingerprint density at radius 1 is 1.40 bits per heavy atom. The molecule has 0 radical (unpaired) electrons. The zero-order chi connectivity index (χ0) is 11.1. The maximum atomic E-state index is 11.5. The highest BCUT2D eigenvalue weighted by atomic mass is 16.2. The predicted octanol–water partition coefficient (Wildman–Crippen LogP) is 0.464. The van der Waals surface area contributed by atoms with Crippen molar-refractivity contribution in [2.24, 2.45) is 5.73 Å². The van der Waals surface area contributed by atoms with Crippen LogP contribution in [-0.4, -0.2) is 18.9 Å². The van der Waals surface area contributed by atoms with E-state index in [0.29, 0.717) is 18.5 Å². The summed E-state index contributed by atoms with van der Waals surface area (Å²) in [5, 5.41) is 2.13. The third-order valence-corrected chi connectivity index (χ3v) is 2.10. The van der Waals surface area contributed by atoms with Crippen molar-refractivity contribution in [1.29, 1.82) is 0 Å². The molecule has 0 unspecified atom stereocenters. The van der Waals surface area contributed by atoms with Gasteiger partial charge in [0.25, 0.3) is 5.91 Å². The van der Waals surface area contributed by atoms with Gasteiger partial charge in [0.2, 0.25) is 6.41 Å². The molecule has 0 aliphatic carbocycles. The maximum absolute atomic E-state index is 11.5. The van der Waals surface area contributed by atoms with Crippen LogP contribution in [0.2, 0.25) is 0 Å². The molecule has 4 heteroatoms. The summed E-state index contributed by atoms with van der Waals surface area (Å²) in [6.45, 7) is 0.587. The quantitative estimate of drug-likeness (QED) is 0.687. The lowest BCUT2D eigenvalue weighted by Gasteiger charge is -2.06. The second-order valence-electron chi connectivity index (χ2n) is 3.14. The molecule has 0 aliphatic rings. The number of hydrogen-bond donors (Lipinski definition) is 2. The summed E-state index contributed by atoms with van der Waals surface area (Å²) in [6, 6.07) is 7.20. The molecule has 0 saturated heterocycles. The van der Waals surface area contributed by atoms with Crippen molar-refractivity contribution in [3.8, 4) is 0 Å². The molecule has 1 aromatic rings. The summed E-state index contributed by atoms with van der Waals surface area (Å²) in [5.74, 6) is -0.363. The van der Waals surface area contributed by atoms with Crippen molar-refractivity contribution in [3.05, 3.63) is 35.4 Å². The van der Waals surface area contributed by atoms with E-state index in [0.717, 1.165) is 18.4 Å². The van der Waals surface area contributed by atoms with E-state index in [1.54, 1.807) is 12.1 Å². The Balaban J connectivity index is 2.85. The number of nitrogens with one attached hydrogen (secondary N) is 1. The average molecular weight is 206 g/mol. The fourth-order valence-corrected chi connectivity index (χ4v) is 1.38. The Morgan fingerprint density at radius 3 is 2.80 bits per heavy atom. The summed E-state index contributed by atoms with van der Waals surface area (Å²) in [6.07, 6.45) is 1.96. The summed E-state index contributed by atoms with van der Waals surface area (Å²) in [5.41, 5.74) is 6.86. The minimum Gasteiger partial charge on any atom is -0.330 e. The van der Waals surface area contributed by atoms with Crippen LogP contribution in [0.1, 0.15) is 22.3 Å². The molecule has 80 valence electrons. The molecule has 2 amide bonds. The molecule has 1 rings (SSSR count). The largest absolute Gasteiger partial charge is 0.330 e. The van der Waals surface area contributed by atoms with Crippen molar-refractivity contribution >= 4 is 12.3 Å². The molecule has 0 fully saturated rings. The van der Waals surface area contributed by atoms with Crippen molar-refractivity contribution in [3.63, 3.8) is 0 Å². The molecule has 0 saturated carbocycles. The van der Waals surface area contributed by atoms with E-state index in [-0.39, 0.29) is 5.91 Å². The number of carbonyl (C=O) groups excluding carboxylic acids is 2. The topological polar surface area (TPSA) is 72.2 Å². The minimum atomic E-state index is -0.363. The molecule has 0 aromatic heterocycles. The zero-order valence-corrected chi connectivity index (χ0v) is 8.40. The first-order chi connectivity index (χ1) is 7.29. The van der Waals surface area contributed by atoms with Crippen LogP contribution in [0.15, 0.2) is 24.3 Å². The zero-order valence-electron chi connectivity index (χ0n) is 8.40. The van der Waals surface area contributed by atoms with Crippen molar-refractivity contribution < 1.29 is 9.59 Å². The highest BCUT2D eigenvalue weighted by molar-refractivity contribution is 6.00. The van der Waals surface area contributed by atoms with Gasteiger partial charge in [0, 0.05) is 5.56 Å². The third kappa shape index (κ3) is 3.18. The highest BCUT2D eigenvalue weighted by Gasteiger charge is 2.08. The lowest BCUT2D eigenvalue weighted by molar-refractivity contribution is -0.108. The van der Waals surface area contributed by atoms with Gasteiger partial charge in [-0.1, -0.05) is 18.2 Å². The SMILES string of the molecule is NCCCc1ccccc1C(=O)NC=O. The molecule has 3 N–H and O–H groups in total. The van der Waals surface area contributed by atoms with Gasteiger partial charge in [-0.2, -0.15) is 0 Å². The molecular formula is C11H14N2O2. The van der Waals surface area contributed by atoms with Gasteiger partial charge in [-0.05, 0) is 31.0 Å². The van der Waals surface area contributed by atoms with Gasteiger partial charge >= 0.3 is 0 Å². The number of amides is 2. The predicted molar refractivity (Wildman–Crippen MR) is 57.3 cm³/mol. The van der Waals surface area contributed by atoms with E-state index in [9.17, 15) is 9.59 Å². The van der Waals surface area contributed by atoms with Crippen LogP contribution < -0.4 is 11.1 Å². The molecule has 0 spiro atoms. The van der Waals surface area contributed by atoms with Crippen LogP contribution in [0.25, 0.3) is 0 Å². The number of imide groups is 1. The summed E-state index contributed by atoms with van der Waals surface area (Å²) in [4.78, 5) is 21.6. The van der Waals surface area contributed by atoms with Crippen LogP contribution in [0.3, 0.4) is 0 Å². The molecule has 0 aliphatic heterocycles. The van der Waals surface area contributed by atoms with Gasteiger partial charge in [-0.25, -0.2) is 0 Å². The lowest BCUT2D eigenvalue weighted by atomic mass is 10.0.